The summed E-state index contributed by atoms with van der Waals surface area (Å²) in [5.74, 6) is -0.294. The standard InChI is InChI=1S/C19H15BrN2O4S/c1-26-13-6-4-5-12(9-13)10-16-18(24)22(19(25)27-16)11-17(23)21-15-8-3-2-7-14(15)20/h2-10H,11H2,1H3,(H,21,23)/b16-10+. The normalized spacial score (nSPS) is 15.3. The molecular formula is C19H15BrN2O4S. The molecule has 3 amide bonds. The number of nitrogens with zero attached hydrogens (tertiary/aromatic N) is 1. The van der Waals surface area contributed by atoms with Crippen molar-refractivity contribution in [3.05, 3.63) is 63.5 Å². The number of benzene rings is 2. The molecule has 0 aliphatic carbocycles. The van der Waals surface area contributed by atoms with Crippen LogP contribution in [-0.2, 0) is 9.59 Å². The number of halogens is 1. The summed E-state index contributed by atoms with van der Waals surface area (Å²) in [6, 6.07) is 14.2. The number of thioether (sulfide) groups is 1. The molecular weight excluding hydrogens is 432 g/mol. The van der Waals surface area contributed by atoms with E-state index in [9.17, 15) is 14.4 Å². The molecule has 138 valence electrons. The molecule has 1 aliphatic heterocycles. The summed E-state index contributed by atoms with van der Waals surface area (Å²) < 4.78 is 5.87. The van der Waals surface area contributed by atoms with Crippen molar-refractivity contribution < 1.29 is 19.1 Å². The Morgan fingerprint density at radius 3 is 2.74 bits per heavy atom. The maximum Gasteiger partial charge on any atom is 0.294 e. The number of anilines is 1. The Kier molecular flexibility index (Phi) is 5.98. The number of methoxy groups -OCH3 is 1. The highest BCUT2D eigenvalue weighted by atomic mass is 79.9. The summed E-state index contributed by atoms with van der Waals surface area (Å²) in [6.07, 6.45) is 1.61. The molecule has 1 saturated heterocycles. The highest BCUT2D eigenvalue weighted by molar-refractivity contribution is 9.10. The first kappa shape index (κ1) is 19.2. The summed E-state index contributed by atoms with van der Waals surface area (Å²) in [4.78, 5) is 38.1. The summed E-state index contributed by atoms with van der Waals surface area (Å²) in [5, 5.41) is 2.21. The maximum absolute atomic E-state index is 12.5. The number of hydrogen-bond donors (Lipinski definition) is 1. The van der Waals surface area contributed by atoms with Crippen LogP contribution in [0.4, 0.5) is 10.5 Å². The van der Waals surface area contributed by atoms with E-state index in [-0.39, 0.29) is 11.4 Å². The van der Waals surface area contributed by atoms with Gasteiger partial charge in [-0.25, -0.2) is 0 Å². The highest BCUT2D eigenvalue weighted by Gasteiger charge is 2.36. The number of hydrogen-bond acceptors (Lipinski definition) is 5. The topological polar surface area (TPSA) is 75.7 Å². The van der Waals surface area contributed by atoms with E-state index >= 15 is 0 Å². The lowest BCUT2D eigenvalue weighted by molar-refractivity contribution is -0.127. The largest absolute Gasteiger partial charge is 0.497 e. The van der Waals surface area contributed by atoms with Crippen LogP contribution in [0.3, 0.4) is 0 Å². The molecule has 8 heteroatoms. The number of para-hydroxylation sites is 1. The molecule has 3 rings (SSSR count). The summed E-state index contributed by atoms with van der Waals surface area (Å²) in [5.41, 5.74) is 1.30. The predicted octanol–water partition coefficient (Wildman–Crippen LogP) is 4.13. The second-order valence-electron chi connectivity index (χ2n) is 5.57. The van der Waals surface area contributed by atoms with Crippen LogP contribution in [0.2, 0.25) is 0 Å². The Bertz CT molecular complexity index is 945. The fraction of sp³-hybridized carbons (Fsp3) is 0.105. The average Bonchev–Trinajstić information content (AvgIpc) is 2.91. The van der Waals surface area contributed by atoms with Crippen LogP contribution in [-0.4, -0.2) is 35.6 Å². The van der Waals surface area contributed by atoms with Gasteiger partial charge in [-0.15, -0.1) is 0 Å². The van der Waals surface area contributed by atoms with E-state index in [1.165, 1.54) is 0 Å². The van der Waals surface area contributed by atoms with Crippen LogP contribution < -0.4 is 10.1 Å². The zero-order valence-corrected chi connectivity index (χ0v) is 16.7. The quantitative estimate of drug-likeness (QED) is 0.698. The van der Waals surface area contributed by atoms with E-state index in [0.717, 1.165) is 22.2 Å². The van der Waals surface area contributed by atoms with Gasteiger partial charge in [0.1, 0.15) is 12.3 Å². The van der Waals surface area contributed by atoms with Crippen molar-refractivity contribution in [1.29, 1.82) is 0 Å². The molecule has 0 bridgehead atoms. The first-order valence-corrected chi connectivity index (χ1v) is 9.52. The molecule has 2 aromatic rings. The average molecular weight is 447 g/mol. The molecule has 0 aromatic heterocycles. The van der Waals surface area contributed by atoms with Gasteiger partial charge in [0.25, 0.3) is 11.1 Å². The van der Waals surface area contributed by atoms with Gasteiger partial charge < -0.3 is 10.1 Å². The maximum atomic E-state index is 12.5. The molecule has 0 unspecified atom stereocenters. The van der Waals surface area contributed by atoms with Crippen molar-refractivity contribution >= 4 is 56.5 Å². The third-order valence-electron chi connectivity index (χ3n) is 3.71. The first-order valence-electron chi connectivity index (χ1n) is 7.92. The number of amides is 3. The van der Waals surface area contributed by atoms with Crippen molar-refractivity contribution in [3.8, 4) is 5.75 Å². The van der Waals surface area contributed by atoms with Gasteiger partial charge >= 0.3 is 0 Å². The van der Waals surface area contributed by atoms with Gasteiger partial charge in [-0.1, -0.05) is 24.3 Å². The monoisotopic (exact) mass is 446 g/mol. The second-order valence-corrected chi connectivity index (χ2v) is 7.42. The lowest BCUT2D eigenvalue weighted by Crippen LogP contribution is -2.36. The molecule has 6 nitrogen and oxygen atoms in total. The van der Waals surface area contributed by atoms with Gasteiger partial charge in [-0.2, -0.15) is 0 Å². The SMILES string of the molecule is COc1cccc(/C=C2/SC(=O)N(CC(=O)Nc3ccccc3Br)C2=O)c1. The number of nitrogens with one attached hydrogen (secondary N) is 1. The Morgan fingerprint density at radius 1 is 1.22 bits per heavy atom. The van der Waals surface area contributed by atoms with Gasteiger partial charge in [0.05, 0.1) is 17.7 Å². The smallest absolute Gasteiger partial charge is 0.294 e. The highest BCUT2D eigenvalue weighted by Crippen LogP contribution is 2.32. The van der Waals surface area contributed by atoms with Gasteiger partial charge in [0, 0.05) is 4.47 Å². The van der Waals surface area contributed by atoms with Gasteiger partial charge in [0.15, 0.2) is 0 Å². The van der Waals surface area contributed by atoms with Gasteiger partial charge in [-0.3, -0.25) is 19.3 Å². The van der Waals surface area contributed by atoms with Crippen molar-refractivity contribution in [3.63, 3.8) is 0 Å². The summed E-state index contributed by atoms with van der Waals surface area (Å²) >= 11 is 4.14. The zero-order chi connectivity index (χ0) is 19.4. The molecule has 27 heavy (non-hydrogen) atoms. The van der Waals surface area contributed by atoms with E-state index in [0.29, 0.717) is 15.9 Å². The predicted molar refractivity (Wildman–Crippen MR) is 108 cm³/mol. The minimum atomic E-state index is -0.491. The minimum Gasteiger partial charge on any atom is -0.497 e. The van der Waals surface area contributed by atoms with Crippen molar-refractivity contribution in [2.24, 2.45) is 0 Å². The molecule has 0 saturated carbocycles. The Hall–Kier alpha value is -2.58. The third-order valence-corrected chi connectivity index (χ3v) is 5.31. The lowest BCUT2D eigenvalue weighted by atomic mass is 10.2. The Morgan fingerprint density at radius 2 is 2.00 bits per heavy atom. The molecule has 2 aromatic carbocycles. The van der Waals surface area contributed by atoms with Crippen LogP contribution in [0.25, 0.3) is 6.08 Å². The molecule has 0 spiro atoms. The number of rotatable bonds is 5. The van der Waals surface area contributed by atoms with Crippen LogP contribution >= 0.6 is 27.7 Å². The summed E-state index contributed by atoms with van der Waals surface area (Å²) in [7, 11) is 1.55. The lowest BCUT2D eigenvalue weighted by Gasteiger charge is -2.13. The number of imide groups is 1. The third kappa shape index (κ3) is 4.58. The molecule has 0 atom stereocenters. The number of ether oxygens (including phenoxy) is 1. The van der Waals surface area contributed by atoms with Crippen LogP contribution in [0.1, 0.15) is 5.56 Å². The molecule has 1 fully saturated rings. The van der Waals surface area contributed by atoms with E-state index in [2.05, 4.69) is 21.2 Å². The van der Waals surface area contributed by atoms with Crippen LogP contribution in [0, 0.1) is 0 Å². The van der Waals surface area contributed by atoms with Crippen LogP contribution in [0.15, 0.2) is 57.9 Å². The van der Waals surface area contributed by atoms with Crippen LogP contribution in [0.5, 0.6) is 5.75 Å². The number of carbonyl (C=O) groups excluding carboxylic acids is 3. The van der Waals surface area contributed by atoms with E-state index in [4.69, 9.17) is 4.74 Å². The van der Waals surface area contributed by atoms with E-state index < -0.39 is 17.1 Å². The summed E-state index contributed by atoms with van der Waals surface area (Å²) in [6.45, 7) is -0.346. The zero-order valence-electron chi connectivity index (χ0n) is 14.3. The van der Waals surface area contributed by atoms with E-state index in [1.54, 1.807) is 55.7 Å². The molecule has 0 radical (unpaired) electrons. The fourth-order valence-electron chi connectivity index (χ4n) is 2.41. The number of carbonyl (C=O) groups is 3. The first-order chi connectivity index (χ1) is 13.0. The van der Waals surface area contributed by atoms with Crippen molar-refractivity contribution in [2.45, 2.75) is 0 Å². The van der Waals surface area contributed by atoms with Crippen molar-refractivity contribution in [2.75, 3.05) is 19.0 Å². The molecule has 1 N–H and O–H groups in total. The fourth-order valence-corrected chi connectivity index (χ4v) is 3.64. The second kappa shape index (κ2) is 8.41. The van der Waals surface area contributed by atoms with E-state index in [1.807, 2.05) is 6.07 Å². The Labute approximate surface area is 168 Å². The minimum absolute atomic E-state index is 0.266. The van der Waals surface area contributed by atoms with Crippen molar-refractivity contribution in [1.82, 2.24) is 4.90 Å². The van der Waals surface area contributed by atoms with Gasteiger partial charge in [-0.05, 0) is 63.6 Å². The molecule has 1 heterocycles. The molecule has 1 aliphatic rings. The van der Waals surface area contributed by atoms with Gasteiger partial charge in [0.2, 0.25) is 5.91 Å². The Balaban J connectivity index is 1.71.